The predicted octanol–water partition coefficient (Wildman–Crippen LogP) is 3.48. The molecule has 0 aliphatic rings. The number of benzene rings is 2. The fourth-order valence-electron chi connectivity index (χ4n) is 2.72. The molecule has 8 nitrogen and oxygen atoms in total. The zero-order chi connectivity index (χ0) is 20.1. The molecule has 0 fully saturated rings. The quantitative estimate of drug-likeness (QED) is 0.527. The molecule has 0 radical (unpaired) electrons. The molecule has 1 atom stereocenters. The summed E-state index contributed by atoms with van der Waals surface area (Å²) in [7, 11) is 0. The van der Waals surface area contributed by atoms with Gasteiger partial charge in [-0.15, -0.1) is 15.3 Å². The predicted molar refractivity (Wildman–Crippen MR) is 110 cm³/mol. The molecule has 2 aromatic heterocycles. The van der Waals surface area contributed by atoms with E-state index in [2.05, 4.69) is 31.1 Å². The van der Waals surface area contributed by atoms with E-state index in [0.717, 1.165) is 11.4 Å². The Hall–Kier alpha value is -4.07. The van der Waals surface area contributed by atoms with Gasteiger partial charge in [-0.25, -0.2) is 4.68 Å². The fourth-order valence-corrected chi connectivity index (χ4v) is 2.72. The number of carbonyl (C=O) groups excluding carboxylic acids is 1. The van der Waals surface area contributed by atoms with Gasteiger partial charge in [-0.3, -0.25) is 4.79 Å². The lowest BCUT2D eigenvalue weighted by Gasteiger charge is -2.11. The van der Waals surface area contributed by atoms with Gasteiger partial charge in [0.15, 0.2) is 5.69 Å². The van der Waals surface area contributed by atoms with Crippen LogP contribution in [0.15, 0.2) is 79.0 Å². The van der Waals surface area contributed by atoms with Crippen molar-refractivity contribution in [1.29, 1.82) is 0 Å². The minimum absolute atomic E-state index is 0.134. The molecular formula is C21H19N7O. The first-order valence-electron chi connectivity index (χ1n) is 9.13. The summed E-state index contributed by atoms with van der Waals surface area (Å²) in [5.74, 6) is 0.233. The highest BCUT2D eigenvalue weighted by atomic mass is 16.1. The van der Waals surface area contributed by atoms with Gasteiger partial charge < -0.3 is 10.6 Å². The highest BCUT2D eigenvalue weighted by Gasteiger charge is 2.13. The van der Waals surface area contributed by atoms with Crippen LogP contribution in [0.5, 0.6) is 0 Å². The normalized spacial score (nSPS) is 11.6. The lowest BCUT2D eigenvalue weighted by atomic mass is 10.2. The van der Waals surface area contributed by atoms with Gasteiger partial charge in [0.2, 0.25) is 0 Å². The highest BCUT2D eigenvalue weighted by molar-refractivity contribution is 6.02. The number of rotatable bonds is 6. The van der Waals surface area contributed by atoms with E-state index in [0.29, 0.717) is 11.5 Å². The van der Waals surface area contributed by atoms with Gasteiger partial charge in [0.25, 0.3) is 5.91 Å². The third-order valence-corrected chi connectivity index (χ3v) is 4.27. The molecule has 144 valence electrons. The van der Waals surface area contributed by atoms with Crippen molar-refractivity contribution in [2.45, 2.75) is 13.0 Å². The maximum atomic E-state index is 12.3. The number of nitrogens with one attached hydrogen (secondary N) is 2. The maximum absolute atomic E-state index is 12.3. The highest BCUT2D eigenvalue weighted by Crippen LogP contribution is 2.17. The summed E-state index contributed by atoms with van der Waals surface area (Å²) in [6.07, 6.45) is 1.86. The van der Waals surface area contributed by atoms with Crippen molar-refractivity contribution in [3.8, 4) is 5.69 Å². The van der Waals surface area contributed by atoms with Crippen molar-refractivity contribution in [3.05, 3.63) is 90.4 Å². The van der Waals surface area contributed by atoms with E-state index in [9.17, 15) is 4.79 Å². The number of amides is 1. The lowest BCUT2D eigenvalue weighted by Crippen LogP contribution is -2.15. The zero-order valence-electron chi connectivity index (χ0n) is 15.7. The summed E-state index contributed by atoms with van der Waals surface area (Å²) in [6, 6.07) is 22.2. The topological polar surface area (TPSA) is 97.6 Å². The standard InChI is InChI=1S/C21H19N7O/c1-15(19-14-28(27-25-19)17-10-6-3-7-11-17)22-20-13-12-18(24-26-20)21(29)23-16-8-4-2-5-9-16/h2-15H,1H3,(H,22,26)(H,23,29). The van der Waals surface area contributed by atoms with Crippen molar-refractivity contribution in [1.82, 2.24) is 25.2 Å². The van der Waals surface area contributed by atoms with Gasteiger partial charge in [-0.05, 0) is 43.3 Å². The summed E-state index contributed by atoms with van der Waals surface area (Å²) in [5.41, 5.74) is 2.65. The maximum Gasteiger partial charge on any atom is 0.276 e. The summed E-state index contributed by atoms with van der Waals surface area (Å²) < 4.78 is 1.72. The van der Waals surface area contributed by atoms with E-state index in [1.807, 2.05) is 73.8 Å². The summed E-state index contributed by atoms with van der Waals surface area (Å²) in [6.45, 7) is 1.96. The lowest BCUT2D eigenvalue weighted by molar-refractivity contribution is 0.102. The molecule has 0 saturated heterocycles. The Morgan fingerprint density at radius 3 is 2.31 bits per heavy atom. The number of carbonyl (C=O) groups is 1. The molecule has 0 bridgehead atoms. The molecule has 2 heterocycles. The molecule has 0 aliphatic heterocycles. The molecule has 1 unspecified atom stereocenters. The average Bonchev–Trinajstić information content (AvgIpc) is 3.26. The fraction of sp³-hybridized carbons (Fsp3) is 0.0952. The van der Waals surface area contributed by atoms with E-state index in [1.165, 1.54) is 0 Å². The van der Waals surface area contributed by atoms with Crippen LogP contribution in [0, 0.1) is 0 Å². The van der Waals surface area contributed by atoms with Crippen LogP contribution in [0.2, 0.25) is 0 Å². The first-order valence-corrected chi connectivity index (χ1v) is 9.13. The average molecular weight is 385 g/mol. The van der Waals surface area contributed by atoms with Gasteiger partial charge in [-0.2, -0.15) is 0 Å². The zero-order valence-corrected chi connectivity index (χ0v) is 15.7. The number of anilines is 2. The second-order valence-corrected chi connectivity index (χ2v) is 6.41. The first-order chi connectivity index (χ1) is 14.2. The Morgan fingerprint density at radius 2 is 1.62 bits per heavy atom. The van der Waals surface area contributed by atoms with Crippen molar-refractivity contribution >= 4 is 17.4 Å². The van der Waals surface area contributed by atoms with Crippen LogP contribution in [0.25, 0.3) is 5.69 Å². The second-order valence-electron chi connectivity index (χ2n) is 6.41. The Kier molecular flexibility index (Phi) is 5.24. The second kappa shape index (κ2) is 8.30. The molecule has 0 saturated carbocycles. The smallest absolute Gasteiger partial charge is 0.276 e. The van der Waals surface area contributed by atoms with Crippen LogP contribution in [0.1, 0.15) is 29.1 Å². The first kappa shape index (κ1) is 18.3. The Labute approximate surface area is 167 Å². The van der Waals surface area contributed by atoms with Crippen LogP contribution >= 0.6 is 0 Å². The van der Waals surface area contributed by atoms with Crippen molar-refractivity contribution in [3.63, 3.8) is 0 Å². The van der Waals surface area contributed by atoms with Gasteiger partial charge in [0, 0.05) is 5.69 Å². The summed E-state index contributed by atoms with van der Waals surface area (Å²) in [5, 5.41) is 22.5. The molecule has 29 heavy (non-hydrogen) atoms. The molecule has 4 aromatic rings. The Bertz CT molecular complexity index is 1080. The monoisotopic (exact) mass is 385 g/mol. The van der Waals surface area contributed by atoms with Crippen molar-refractivity contribution in [2.75, 3.05) is 10.6 Å². The molecular weight excluding hydrogens is 366 g/mol. The van der Waals surface area contributed by atoms with E-state index in [-0.39, 0.29) is 17.6 Å². The Balaban J connectivity index is 1.40. The van der Waals surface area contributed by atoms with Crippen LogP contribution in [-0.4, -0.2) is 31.1 Å². The third kappa shape index (κ3) is 4.44. The number of aromatic nitrogens is 5. The number of nitrogens with zero attached hydrogens (tertiary/aromatic N) is 5. The van der Waals surface area contributed by atoms with Crippen LogP contribution in [0.4, 0.5) is 11.5 Å². The molecule has 2 aromatic carbocycles. The number of para-hydroxylation sites is 2. The van der Waals surface area contributed by atoms with Gasteiger partial charge in [0.1, 0.15) is 11.5 Å². The minimum atomic E-state index is -0.311. The SMILES string of the molecule is CC(Nc1ccc(C(=O)Nc2ccccc2)nn1)c1cn(-c2ccccc2)nn1. The molecule has 2 N–H and O–H groups in total. The van der Waals surface area contributed by atoms with Gasteiger partial charge >= 0.3 is 0 Å². The van der Waals surface area contributed by atoms with Gasteiger partial charge in [0.05, 0.1) is 17.9 Å². The largest absolute Gasteiger partial charge is 0.360 e. The number of hydrogen-bond acceptors (Lipinski definition) is 6. The number of hydrogen-bond donors (Lipinski definition) is 2. The van der Waals surface area contributed by atoms with Crippen LogP contribution in [-0.2, 0) is 0 Å². The van der Waals surface area contributed by atoms with Crippen LogP contribution < -0.4 is 10.6 Å². The van der Waals surface area contributed by atoms with E-state index in [4.69, 9.17) is 0 Å². The summed E-state index contributed by atoms with van der Waals surface area (Å²) >= 11 is 0. The molecule has 1 amide bonds. The molecule has 0 spiro atoms. The molecule has 4 rings (SSSR count). The van der Waals surface area contributed by atoms with Crippen molar-refractivity contribution in [2.24, 2.45) is 0 Å². The van der Waals surface area contributed by atoms with Crippen LogP contribution in [0.3, 0.4) is 0 Å². The van der Waals surface area contributed by atoms with E-state index < -0.39 is 0 Å². The van der Waals surface area contributed by atoms with Crippen molar-refractivity contribution < 1.29 is 4.79 Å². The third-order valence-electron chi connectivity index (χ3n) is 4.27. The molecule has 8 heteroatoms. The van der Waals surface area contributed by atoms with Gasteiger partial charge in [-0.1, -0.05) is 41.6 Å². The van der Waals surface area contributed by atoms with E-state index in [1.54, 1.807) is 16.8 Å². The summed E-state index contributed by atoms with van der Waals surface area (Å²) in [4.78, 5) is 12.3. The molecule has 0 aliphatic carbocycles. The minimum Gasteiger partial charge on any atom is -0.360 e. The Morgan fingerprint density at radius 1 is 0.897 bits per heavy atom. The van der Waals surface area contributed by atoms with E-state index >= 15 is 0 Å².